The first-order valence-electron chi connectivity index (χ1n) is 2.89. The number of nitrogens with one attached hydrogen (secondary N) is 1. The van der Waals surface area contributed by atoms with Crippen molar-refractivity contribution in [3.05, 3.63) is 18.9 Å². The predicted octanol–water partition coefficient (Wildman–Crippen LogP) is -0.828. The first-order valence-corrected chi connectivity index (χ1v) is 2.89. The van der Waals surface area contributed by atoms with E-state index in [0.717, 1.165) is 5.52 Å². The fourth-order valence-corrected chi connectivity index (χ4v) is 0.691. The van der Waals surface area contributed by atoms with Crippen molar-refractivity contribution in [1.82, 2.24) is 19.9 Å². The summed E-state index contributed by atoms with van der Waals surface area (Å²) >= 11 is 0. The Hall–Kier alpha value is -1.53. The fourth-order valence-electron chi connectivity index (χ4n) is 0.691. The molecule has 0 spiro atoms. The van der Waals surface area contributed by atoms with Crippen molar-refractivity contribution in [2.24, 2.45) is 11.7 Å². The number of aromatic amines is 1. The van der Waals surface area contributed by atoms with Gasteiger partial charge >= 0.3 is 0 Å². The largest absolute Gasteiger partial charge is 0.342 e. The number of nitrogens with two attached hydrogens (primary N) is 2. The molecular formula is C5H8N6. The minimum absolute atomic E-state index is 0.713. The summed E-state index contributed by atoms with van der Waals surface area (Å²) < 4.78 is 0. The molecule has 2 heterocycles. The van der Waals surface area contributed by atoms with Gasteiger partial charge in [0.2, 0.25) is 0 Å². The van der Waals surface area contributed by atoms with E-state index < -0.39 is 0 Å². The zero-order chi connectivity index (χ0) is 8.10. The van der Waals surface area contributed by atoms with Crippen molar-refractivity contribution < 1.29 is 0 Å². The third-order valence-electron chi connectivity index (χ3n) is 1.10. The first kappa shape index (κ1) is 7.58. The van der Waals surface area contributed by atoms with Gasteiger partial charge in [-0.3, -0.25) is 11.7 Å². The summed E-state index contributed by atoms with van der Waals surface area (Å²) in [5.74, 6) is 8.00. The average molecular weight is 152 g/mol. The lowest BCUT2D eigenvalue weighted by molar-refractivity contribution is 1.20. The number of hydrogen-bond acceptors (Lipinski definition) is 5. The topological polar surface area (TPSA) is 106 Å². The molecule has 2 aromatic heterocycles. The maximum Gasteiger partial charge on any atom is 0.180 e. The van der Waals surface area contributed by atoms with E-state index in [-0.39, 0.29) is 0 Å². The van der Waals surface area contributed by atoms with E-state index in [4.69, 9.17) is 0 Å². The lowest BCUT2D eigenvalue weighted by Crippen LogP contribution is -2.02. The normalized spacial score (nSPS) is 8.91. The van der Waals surface area contributed by atoms with E-state index in [1.54, 1.807) is 12.5 Å². The van der Waals surface area contributed by atoms with Crippen molar-refractivity contribution in [2.45, 2.75) is 0 Å². The van der Waals surface area contributed by atoms with Gasteiger partial charge in [0.05, 0.1) is 12.5 Å². The van der Waals surface area contributed by atoms with Crippen molar-refractivity contribution in [1.29, 1.82) is 0 Å². The van der Waals surface area contributed by atoms with Gasteiger partial charge in [-0.05, 0) is 0 Å². The van der Waals surface area contributed by atoms with Gasteiger partial charge in [-0.2, -0.15) is 0 Å². The number of hydrazine groups is 1. The molecule has 0 saturated carbocycles. The van der Waals surface area contributed by atoms with E-state index >= 15 is 0 Å². The van der Waals surface area contributed by atoms with Crippen LogP contribution in [0.4, 0.5) is 0 Å². The van der Waals surface area contributed by atoms with Crippen LogP contribution in [-0.4, -0.2) is 19.9 Å². The highest BCUT2D eigenvalue weighted by molar-refractivity contribution is 5.67. The molecule has 0 saturated heterocycles. The van der Waals surface area contributed by atoms with Crippen LogP contribution < -0.4 is 11.7 Å². The number of rotatable bonds is 0. The molecule has 6 nitrogen and oxygen atoms in total. The third kappa shape index (κ3) is 1.48. The highest BCUT2D eigenvalue weighted by Gasteiger charge is 1.91. The van der Waals surface area contributed by atoms with Crippen LogP contribution in [0.15, 0.2) is 18.9 Å². The first-order chi connectivity index (χ1) is 5.47. The Bertz CT molecular complexity index is 285. The molecule has 0 amide bonds. The van der Waals surface area contributed by atoms with Gasteiger partial charge in [0.1, 0.15) is 11.8 Å². The highest BCUT2D eigenvalue weighted by atomic mass is 15.0. The molecule has 0 radical (unpaired) electrons. The summed E-state index contributed by atoms with van der Waals surface area (Å²) in [6.45, 7) is 0. The smallest absolute Gasteiger partial charge is 0.180 e. The standard InChI is InChI=1S/C5H4N4.H4N2/c1-4-5(8-2-6-1)9-3-7-4;1-2/h1-3H,(H,6,7,8,9);1-2H2. The van der Waals surface area contributed by atoms with Crippen LogP contribution in [0.25, 0.3) is 11.2 Å². The molecule has 0 aliphatic rings. The highest BCUT2D eigenvalue weighted by Crippen LogP contribution is 1.99. The van der Waals surface area contributed by atoms with Gasteiger partial charge in [0.25, 0.3) is 0 Å². The minimum Gasteiger partial charge on any atom is -0.342 e. The molecule has 6 heteroatoms. The monoisotopic (exact) mass is 152 g/mol. The number of aromatic nitrogens is 4. The van der Waals surface area contributed by atoms with Gasteiger partial charge < -0.3 is 4.98 Å². The Labute approximate surface area is 62.6 Å². The van der Waals surface area contributed by atoms with Gasteiger partial charge in [-0.15, -0.1) is 0 Å². The molecule has 0 aliphatic carbocycles. The van der Waals surface area contributed by atoms with E-state index in [2.05, 4.69) is 31.6 Å². The summed E-state index contributed by atoms with van der Waals surface area (Å²) in [6, 6.07) is 0. The molecule has 0 aliphatic heterocycles. The minimum atomic E-state index is 0.713. The van der Waals surface area contributed by atoms with Gasteiger partial charge in [-0.25, -0.2) is 15.0 Å². The molecular weight excluding hydrogens is 144 g/mol. The van der Waals surface area contributed by atoms with E-state index in [9.17, 15) is 0 Å². The van der Waals surface area contributed by atoms with Crippen LogP contribution >= 0.6 is 0 Å². The summed E-state index contributed by atoms with van der Waals surface area (Å²) in [4.78, 5) is 14.5. The number of imidazole rings is 1. The Kier molecular flexibility index (Phi) is 2.47. The number of hydrogen-bond donors (Lipinski definition) is 3. The van der Waals surface area contributed by atoms with Crippen molar-refractivity contribution in [3.8, 4) is 0 Å². The van der Waals surface area contributed by atoms with Gasteiger partial charge in [-0.1, -0.05) is 0 Å². The second-order valence-electron chi connectivity index (χ2n) is 1.66. The van der Waals surface area contributed by atoms with Crippen molar-refractivity contribution >= 4 is 11.2 Å². The quantitative estimate of drug-likeness (QED) is 0.337. The zero-order valence-electron chi connectivity index (χ0n) is 5.73. The Balaban J connectivity index is 0.000000281. The van der Waals surface area contributed by atoms with Crippen molar-refractivity contribution in [3.63, 3.8) is 0 Å². The lowest BCUT2D eigenvalue weighted by Gasteiger charge is -1.80. The summed E-state index contributed by atoms with van der Waals surface area (Å²) in [7, 11) is 0. The number of H-pyrrole nitrogens is 1. The molecule has 0 unspecified atom stereocenters. The summed E-state index contributed by atoms with van der Waals surface area (Å²) in [5.41, 5.74) is 1.59. The second kappa shape index (κ2) is 3.59. The van der Waals surface area contributed by atoms with Gasteiger partial charge in [0, 0.05) is 0 Å². The van der Waals surface area contributed by atoms with Crippen LogP contribution in [0.1, 0.15) is 0 Å². The number of fused-ring (bicyclic) bond motifs is 1. The van der Waals surface area contributed by atoms with E-state index in [1.165, 1.54) is 6.33 Å². The zero-order valence-corrected chi connectivity index (χ0v) is 5.73. The Morgan fingerprint density at radius 1 is 1.27 bits per heavy atom. The second-order valence-corrected chi connectivity index (χ2v) is 1.66. The molecule has 0 atom stereocenters. The van der Waals surface area contributed by atoms with Crippen LogP contribution in [-0.2, 0) is 0 Å². The molecule has 11 heavy (non-hydrogen) atoms. The van der Waals surface area contributed by atoms with E-state index in [0.29, 0.717) is 5.65 Å². The Morgan fingerprint density at radius 2 is 2.09 bits per heavy atom. The summed E-state index contributed by atoms with van der Waals surface area (Å²) in [6.07, 6.45) is 4.76. The molecule has 2 rings (SSSR count). The Morgan fingerprint density at radius 3 is 2.82 bits per heavy atom. The molecule has 0 fully saturated rings. The van der Waals surface area contributed by atoms with Crippen LogP contribution in [0.3, 0.4) is 0 Å². The fraction of sp³-hybridized carbons (Fsp3) is 0. The predicted molar refractivity (Wildman–Crippen MR) is 40.1 cm³/mol. The van der Waals surface area contributed by atoms with Crippen LogP contribution in [0.5, 0.6) is 0 Å². The summed E-state index contributed by atoms with van der Waals surface area (Å²) in [5, 5.41) is 0. The van der Waals surface area contributed by atoms with Crippen LogP contribution in [0.2, 0.25) is 0 Å². The van der Waals surface area contributed by atoms with E-state index in [1.807, 2.05) is 0 Å². The molecule has 2 aromatic rings. The number of nitrogens with zero attached hydrogens (tertiary/aromatic N) is 3. The lowest BCUT2D eigenvalue weighted by atomic mass is 10.6. The SMILES string of the molecule is NN.c1ncc2[nH]cnc2n1. The molecule has 5 N–H and O–H groups in total. The van der Waals surface area contributed by atoms with Crippen LogP contribution in [0, 0.1) is 0 Å². The average Bonchev–Trinajstić information content (AvgIpc) is 2.55. The van der Waals surface area contributed by atoms with Crippen molar-refractivity contribution in [2.75, 3.05) is 0 Å². The molecule has 58 valence electrons. The van der Waals surface area contributed by atoms with Gasteiger partial charge in [0.15, 0.2) is 5.65 Å². The maximum atomic E-state index is 4.00. The third-order valence-corrected chi connectivity index (χ3v) is 1.10. The maximum absolute atomic E-state index is 4.00. The molecule has 0 bridgehead atoms. The molecule has 0 aromatic carbocycles.